The third-order valence-electron chi connectivity index (χ3n) is 2.46. The summed E-state index contributed by atoms with van der Waals surface area (Å²) >= 11 is 3.07. The van der Waals surface area contributed by atoms with Crippen LogP contribution in [0.1, 0.15) is 16.1 Å². The number of halogens is 2. The zero-order valence-corrected chi connectivity index (χ0v) is 12.2. The first-order valence-corrected chi connectivity index (χ1v) is 7.74. The molecule has 5 nitrogen and oxygen atoms in total. The lowest BCUT2D eigenvalue weighted by molar-refractivity contribution is 0.0656. The fourth-order valence-electron chi connectivity index (χ4n) is 1.52. The Morgan fingerprint density at radius 2 is 2.00 bits per heavy atom. The van der Waals surface area contributed by atoms with E-state index in [0.717, 1.165) is 18.2 Å². The van der Waals surface area contributed by atoms with E-state index in [1.165, 1.54) is 12.1 Å². The van der Waals surface area contributed by atoms with E-state index in [1.807, 2.05) is 0 Å². The van der Waals surface area contributed by atoms with Gasteiger partial charge in [0.2, 0.25) is 20.7 Å². The van der Waals surface area contributed by atoms with E-state index < -0.39 is 38.2 Å². The standard InChI is InChI=1S/C12H8BrFO5S/c13-8-2-1-7(9(14)5-8)6-20(17,18)11-4-3-10(19-11)12(15)16/h1-5H,6H2,(H,15,16). The van der Waals surface area contributed by atoms with Crippen molar-refractivity contribution in [3.05, 3.63) is 51.9 Å². The second kappa shape index (κ2) is 5.37. The number of hydrogen-bond acceptors (Lipinski definition) is 4. The molecule has 0 saturated carbocycles. The fourth-order valence-corrected chi connectivity index (χ4v) is 3.13. The number of carboxylic acids is 1. The summed E-state index contributed by atoms with van der Waals surface area (Å²) in [6.45, 7) is 0. The minimum absolute atomic E-state index is 0.0264. The average Bonchev–Trinajstić information content (AvgIpc) is 2.83. The highest BCUT2D eigenvalue weighted by Gasteiger charge is 2.23. The van der Waals surface area contributed by atoms with Crippen molar-refractivity contribution in [2.24, 2.45) is 0 Å². The maximum Gasteiger partial charge on any atom is 0.371 e. The highest BCUT2D eigenvalue weighted by Crippen LogP contribution is 2.22. The molecule has 0 bridgehead atoms. The normalized spacial score (nSPS) is 11.5. The van der Waals surface area contributed by atoms with Crippen LogP contribution in [-0.4, -0.2) is 19.5 Å². The molecule has 2 aromatic rings. The number of rotatable bonds is 4. The Kier molecular flexibility index (Phi) is 3.96. The van der Waals surface area contributed by atoms with Gasteiger partial charge in [-0.15, -0.1) is 0 Å². The number of sulfone groups is 1. The highest BCUT2D eigenvalue weighted by atomic mass is 79.9. The second-order valence-electron chi connectivity index (χ2n) is 3.92. The van der Waals surface area contributed by atoms with E-state index >= 15 is 0 Å². The lowest BCUT2D eigenvalue weighted by Gasteiger charge is -2.03. The zero-order valence-electron chi connectivity index (χ0n) is 9.84. The van der Waals surface area contributed by atoms with Gasteiger partial charge in [0, 0.05) is 10.0 Å². The molecule has 0 unspecified atom stereocenters. The quantitative estimate of drug-likeness (QED) is 0.903. The second-order valence-corrected chi connectivity index (χ2v) is 6.75. The fraction of sp³-hybridized carbons (Fsp3) is 0.0833. The Hall–Kier alpha value is -1.67. The largest absolute Gasteiger partial charge is 0.475 e. The van der Waals surface area contributed by atoms with Crippen LogP contribution in [0.5, 0.6) is 0 Å². The molecule has 0 atom stereocenters. The summed E-state index contributed by atoms with van der Waals surface area (Å²) in [6.07, 6.45) is 0. The van der Waals surface area contributed by atoms with Gasteiger partial charge in [0.15, 0.2) is 0 Å². The van der Waals surface area contributed by atoms with Crippen molar-refractivity contribution in [3.63, 3.8) is 0 Å². The van der Waals surface area contributed by atoms with Crippen molar-refractivity contribution in [1.82, 2.24) is 0 Å². The molecule has 0 spiro atoms. The van der Waals surface area contributed by atoms with Crippen molar-refractivity contribution >= 4 is 31.7 Å². The number of carbonyl (C=O) groups is 1. The van der Waals surface area contributed by atoms with Crippen LogP contribution in [0.4, 0.5) is 4.39 Å². The number of hydrogen-bond donors (Lipinski definition) is 1. The summed E-state index contributed by atoms with van der Waals surface area (Å²) in [7, 11) is -3.95. The lowest BCUT2D eigenvalue weighted by atomic mass is 10.2. The Bertz CT molecular complexity index is 766. The summed E-state index contributed by atoms with van der Waals surface area (Å²) in [6, 6.07) is 6.06. The molecule has 0 fully saturated rings. The van der Waals surface area contributed by atoms with Gasteiger partial charge in [-0.2, -0.15) is 0 Å². The Morgan fingerprint density at radius 1 is 1.30 bits per heavy atom. The summed E-state index contributed by atoms with van der Waals surface area (Å²) in [4.78, 5) is 10.6. The van der Waals surface area contributed by atoms with E-state index in [0.29, 0.717) is 4.47 Å². The molecule has 0 aliphatic rings. The highest BCUT2D eigenvalue weighted by molar-refractivity contribution is 9.10. The maximum absolute atomic E-state index is 13.6. The van der Waals surface area contributed by atoms with Gasteiger partial charge in [0.05, 0.1) is 5.75 Å². The van der Waals surface area contributed by atoms with Gasteiger partial charge in [0.1, 0.15) is 5.82 Å². The molecule has 106 valence electrons. The molecule has 1 aromatic heterocycles. The number of furan rings is 1. The van der Waals surface area contributed by atoms with Crippen LogP contribution >= 0.6 is 15.9 Å². The molecule has 2 rings (SSSR count). The van der Waals surface area contributed by atoms with Gasteiger partial charge in [-0.3, -0.25) is 0 Å². The lowest BCUT2D eigenvalue weighted by Crippen LogP contribution is -2.05. The van der Waals surface area contributed by atoms with E-state index in [2.05, 4.69) is 15.9 Å². The van der Waals surface area contributed by atoms with Crippen LogP contribution in [0.15, 0.2) is 44.3 Å². The molecular weight excluding hydrogens is 355 g/mol. The Labute approximate surface area is 122 Å². The maximum atomic E-state index is 13.6. The van der Waals surface area contributed by atoms with Gasteiger partial charge in [-0.1, -0.05) is 22.0 Å². The summed E-state index contributed by atoms with van der Waals surface area (Å²) in [5.41, 5.74) is -0.0264. The first kappa shape index (κ1) is 14.7. The van der Waals surface area contributed by atoms with Gasteiger partial charge < -0.3 is 9.52 Å². The van der Waals surface area contributed by atoms with Crippen molar-refractivity contribution in [2.75, 3.05) is 0 Å². The third-order valence-corrected chi connectivity index (χ3v) is 4.48. The van der Waals surface area contributed by atoms with Gasteiger partial charge >= 0.3 is 5.97 Å². The molecule has 0 aliphatic carbocycles. The molecule has 1 N–H and O–H groups in total. The van der Waals surface area contributed by atoms with Crippen molar-refractivity contribution in [3.8, 4) is 0 Å². The summed E-state index contributed by atoms with van der Waals surface area (Å²) in [5, 5.41) is 8.17. The zero-order chi connectivity index (χ0) is 14.9. The topological polar surface area (TPSA) is 84.6 Å². The molecule has 0 amide bonds. The first-order valence-electron chi connectivity index (χ1n) is 5.29. The van der Waals surface area contributed by atoms with Gasteiger partial charge in [-0.05, 0) is 24.3 Å². The molecule has 8 heteroatoms. The van der Waals surface area contributed by atoms with Crippen LogP contribution in [-0.2, 0) is 15.6 Å². The van der Waals surface area contributed by atoms with Crippen LogP contribution < -0.4 is 0 Å². The monoisotopic (exact) mass is 362 g/mol. The van der Waals surface area contributed by atoms with Crippen molar-refractivity contribution in [1.29, 1.82) is 0 Å². The molecule has 0 saturated heterocycles. The van der Waals surface area contributed by atoms with Crippen LogP contribution in [0.2, 0.25) is 0 Å². The predicted octanol–water partition coefficient (Wildman–Crippen LogP) is 2.85. The number of benzene rings is 1. The molecule has 1 heterocycles. The van der Waals surface area contributed by atoms with Crippen LogP contribution in [0.25, 0.3) is 0 Å². The van der Waals surface area contributed by atoms with E-state index in [4.69, 9.17) is 9.52 Å². The van der Waals surface area contributed by atoms with Crippen LogP contribution in [0, 0.1) is 5.82 Å². The van der Waals surface area contributed by atoms with Crippen molar-refractivity contribution < 1.29 is 27.1 Å². The van der Waals surface area contributed by atoms with E-state index in [1.54, 1.807) is 0 Å². The molecule has 0 aliphatic heterocycles. The summed E-state index contributed by atoms with van der Waals surface area (Å²) < 4.78 is 42.8. The minimum atomic E-state index is -3.95. The number of aromatic carboxylic acids is 1. The van der Waals surface area contributed by atoms with Gasteiger partial charge in [-0.25, -0.2) is 17.6 Å². The van der Waals surface area contributed by atoms with Crippen LogP contribution in [0.3, 0.4) is 0 Å². The smallest absolute Gasteiger partial charge is 0.371 e. The number of carboxylic acid groups (broad SMARTS) is 1. The molecule has 20 heavy (non-hydrogen) atoms. The predicted molar refractivity (Wildman–Crippen MR) is 70.7 cm³/mol. The first-order chi connectivity index (χ1) is 9.29. The average molecular weight is 363 g/mol. The van der Waals surface area contributed by atoms with E-state index in [9.17, 15) is 17.6 Å². The molecule has 0 radical (unpaired) electrons. The Balaban J connectivity index is 2.33. The van der Waals surface area contributed by atoms with Gasteiger partial charge in [0.25, 0.3) is 0 Å². The van der Waals surface area contributed by atoms with E-state index in [-0.39, 0.29) is 5.56 Å². The Morgan fingerprint density at radius 3 is 2.55 bits per heavy atom. The SMILES string of the molecule is O=C(O)c1ccc(S(=O)(=O)Cc2ccc(Br)cc2F)o1. The summed E-state index contributed by atoms with van der Waals surface area (Å²) in [5.74, 6) is -3.15. The molecular formula is C12H8BrFO5S. The minimum Gasteiger partial charge on any atom is -0.475 e. The third kappa shape index (κ3) is 3.07. The molecule has 1 aromatic carbocycles. The van der Waals surface area contributed by atoms with Crippen molar-refractivity contribution in [2.45, 2.75) is 10.8 Å².